The maximum Gasteiger partial charge on any atom is 0.178 e. The van der Waals surface area contributed by atoms with Crippen molar-refractivity contribution in [2.24, 2.45) is 5.92 Å². The van der Waals surface area contributed by atoms with Crippen molar-refractivity contribution in [2.75, 3.05) is 11.1 Å². The Morgan fingerprint density at radius 1 is 1.29 bits per heavy atom. The summed E-state index contributed by atoms with van der Waals surface area (Å²) in [6.45, 7) is 4.14. The highest BCUT2D eigenvalue weighted by molar-refractivity contribution is 7.91. The maximum absolute atomic E-state index is 12.4. The van der Waals surface area contributed by atoms with E-state index in [0.717, 1.165) is 17.5 Å². The third-order valence-electron chi connectivity index (χ3n) is 4.27. The molecular weight excluding hydrogens is 346 g/mol. The molecule has 0 amide bonds. The molecule has 2 heterocycles. The molecule has 0 spiro atoms. The summed E-state index contributed by atoms with van der Waals surface area (Å²) < 4.78 is 24.7. The number of nitrogens with one attached hydrogen (secondary N) is 1. The molecule has 0 saturated carbocycles. The molecular formula is C17H20ClN3O2S. The number of nitrogens with zero attached hydrogens (tertiary/aromatic N) is 2. The Morgan fingerprint density at radius 2 is 2.08 bits per heavy atom. The van der Waals surface area contributed by atoms with E-state index in [4.69, 9.17) is 11.6 Å². The molecule has 128 valence electrons. The molecule has 2 aromatic rings. The summed E-state index contributed by atoms with van der Waals surface area (Å²) in [6.07, 6.45) is 4.47. The summed E-state index contributed by atoms with van der Waals surface area (Å²) in [5.41, 5.74) is 1.83. The lowest BCUT2D eigenvalue weighted by atomic mass is 9.94. The molecule has 1 aliphatic rings. The molecule has 1 aromatic heterocycles. The summed E-state index contributed by atoms with van der Waals surface area (Å²) in [5, 5.41) is 3.76. The number of sulfone groups is 1. The molecule has 0 radical (unpaired) electrons. The van der Waals surface area contributed by atoms with Crippen LogP contribution in [0, 0.1) is 5.92 Å². The van der Waals surface area contributed by atoms with Crippen LogP contribution in [0.4, 0.5) is 5.82 Å². The topological polar surface area (TPSA) is 72.0 Å². The molecule has 24 heavy (non-hydrogen) atoms. The van der Waals surface area contributed by atoms with Gasteiger partial charge in [0.1, 0.15) is 17.2 Å². The van der Waals surface area contributed by atoms with Crippen LogP contribution >= 0.6 is 11.6 Å². The average molecular weight is 366 g/mol. The van der Waals surface area contributed by atoms with Gasteiger partial charge in [-0.3, -0.25) is 0 Å². The Bertz CT molecular complexity index is 853. The van der Waals surface area contributed by atoms with Gasteiger partial charge in [-0.05, 0) is 36.0 Å². The Labute approximate surface area is 147 Å². The van der Waals surface area contributed by atoms with E-state index >= 15 is 0 Å². The fourth-order valence-corrected chi connectivity index (χ4v) is 4.81. The summed E-state index contributed by atoms with van der Waals surface area (Å²) >= 11 is 6.14. The third kappa shape index (κ3) is 3.39. The molecule has 1 aliphatic heterocycles. The van der Waals surface area contributed by atoms with E-state index in [2.05, 4.69) is 29.1 Å². The first-order valence-corrected chi connectivity index (χ1v) is 9.99. The second-order valence-corrected chi connectivity index (χ2v) is 8.86. The van der Waals surface area contributed by atoms with Crippen LogP contribution in [0.25, 0.3) is 0 Å². The van der Waals surface area contributed by atoms with Gasteiger partial charge >= 0.3 is 0 Å². The highest BCUT2D eigenvalue weighted by Gasteiger charge is 2.26. The van der Waals surface area contributed by atoms with Crippen molar-refractivity contribution >= 4 is 27.3 Å². The molecule has 7 heteroatoms. The zero-order chi connectivity index (χ0) is 17.3. The molecule has 1 aromatic carbocycles. The number of anilines is 1. The normalized spacial score (nSPS) is 17.3. The zero-order valence-electron chi connectivity index (χ0n) is 13.7. The first-order valence-electron chi connectivity index (χ1n) is 7.96. The van der Waals surface area contributed by atoms with E-state index in [9.17, 15) is 8.42 Å². The van der Waals surface area contributed by atoms with Crippen molar-refractivity contribution < 1.29 is 8.42 Å². The van der Waals surface area contributed by atoms with Crippen LogP contribution < -0.4 is 5.32 Å². The monoisotopic (exact) mass is 365 g/mol. The minimum absolute atomic E-state index is 0.0974. The van der Waals surface area contributed by atoms with Gasteiger partial charge in [-0.1, -0.05) is 37.6 Å². The van der Waals surface area contributed by atoms with Crippen LogP contribution in [0.15, 0.2) is 35.6 Å². The zero-order valence-corrected chi connectivity index (χ0v) is 15.2. The minimum atomic E-state index is -3.18. The number of aryl methyl sites for hydroxylation is 1. The summed E-state index contributed by atoms with van der Waals surface area (Å²) in [5.74, 6) is 0.993. The Kier molecular flexibility index (Phi) is 4.78. The number of halogens is 1. The van der Waals surface area contributed by atoms with Crippen LogP contribution in [-0.2, 0) is 16.3 Å². The average Bonchev–Trinajstić information content (AvgIpc) is 2.53. The van der Waals surface area contributed by atoms with Crippen molar-refractivity contribution in [3.05, 3.63) is 46.9 Å². The van der Waals surface area contributed by atoms with Gasteiger partial charge in [0, 0.05) is 0 Å². The summed E-state index contributed by atoms with van der Waals surface area (Å²) in [4.78, 5) is 8.52. The Morgan fingerprint density at radius 3 is 2.79 bits per heavy atom. The first kappa shape index (κ1) is 17.2. The van der Waals surface area contributed by atoms with E-state index in [1.807, 2.05) is 12.1 Å². The maximum atomic E-state index is 12.4. The SMILES string of the molecule is CC(C)[C@@H](Nc1ncncc1Cl)c1ccc2c(c1)S(=O)(=O)CCC2. The molecule has 0 fully saturated rings. The van der Waals surface area contributed by atoms with Crippen LogP contribution in [0.1, 0.15) is 37.4 Å². The smallest absolute Gasteiger partial charge is 0.178 e. The first-order chi connectivity index (χ1) is 11.4. The fourth-order valence-electron chi connectivity index (χ4n) is 3.02. The van der Waals surface area contributed by atoms with Gasteiger partial charge in [-0.2, -0.15) is 0 Å². The lowest BCUT2D eigenvalue weighted by Crippen LogP contribution is -2.21. The number of fused-ring (bicyclic) bond motifs is 1. The number of hydrogen-bond acceptors (Lipinski definition) is 5. The summed E-state index contributed by atoms with van der Waals surface area (Å²) in [7, 11) is -3.18. The lowest BCUT2D eigenvalue weighted by molar-refractivity contribution is 0.542. The van der Waals surface area contributed by atoms with E-state index in [1.165, 1.54) is 12.5 Å². The van der Waals surface area contributed by atoms with Crippen molar-refractivity contribution in [1.29, 1.82) is 0 Å². The van der Waals surface area contributed by atoms with E-state index < -0.39 is 9.84 Å². The number of benzene rings is 1. The van der Waals surface area contributed by atoms with Crippen molar-refractivity contribution in [3.63, 3.8) is 0 Å². The Hall–Kier alpha value is -1.66. The van der Waals surface area contributed by atoms with Gasteiger partial charge in [-0.25, -0.2) is 18.4 Å². The molecule has 0 saturated heterocycles. The third-order valence-corrected chi connectivity index (χ3v) is 6.42. The summed E-state index contributed by atoms with van der Waals surface area (Å²) in [6, 6.07) is 5.63. The molecule has 0 bridgehead atoms. The second kappa shape index (κ2) is 6.69. The van der Waals surface area contributed by atoms with Crippen molar-refractivity contribution in [2.45, 2.75) is 37.6 Å². The molecule has 1 atom stereocenters. The van der Waals surface area contributed by atoms with Crippen LogP contribution in [0.3, 0.4) is 0 Å². The standard InChI is InChI=1S/C17H20ClN3O2S/c1-11(2)16(21-17-14(18)9-19-10-20-17)13-6-5-12-4-3-7-24(22,23)15(12)8-13/h5-6,8-11,16H,3-4,7H2,1-2H3,(H,19,20,21)/t16-/m1/s1. The molecule has 0 unspecified atom stereocenters. The van der Waals surface area contributed by atoms with Crippen LogP contribution in [-0.4, -0.2) is 24.1 Å². The molecule has 3 rings (SSSR count). The van der Waals surface area contributed by atoms with Crippen molar-refractivity contribution in [3.8, 4) is 0 Å². The molecule has 1 N–H and O–H groups in total. The quantitative estimate of drug-likeness (QED) is 0.895. The minimum Gasteiger partial charge on any atom is -0.362 e. The van der Waals surface area contributed by atoms with Gasteiger partial charge in [0.05, 0.1) is 22.9 Å². The number of rotatable bonds is 4. The second-order valence-electron chi connectivity index (χ2n) is 6.37. The molecule has 0 aliphatic carbocycles. The van der Waals surface area contributed by atoms with Crippen molar-refractivity contribution in [1.82, 2.24) is 9.97 Å². The Balaban J connectivity index is 2.00. The van der Waals surface area contributed by atoms with Gasteiger partial charge < -0.3 is 5.32 Å². The fraction of sp³-hybridized carbons (Fsp3) is 0.412. The highest BCUT2D eigenvalue weighted by atomic mass is 35.5. The predicted octanol–water partition coefficient (Wildman–Crippen LogP) is 3.66. The van der Waals surface area contributed by atoms with Gasteiger partial charge in [0.25, 0.3) is 0 Å². The van der Waals surface area contributed by atoms with E-state index in [1.54, 1.807) is 6.07 Å². The number of hydrogen-bond donors (Lipinski definition) is 1. The van der Waals surface area contributed by atoms with Crippen LogP contribution in [0.5, 0.6) is 0 Å². The lowest BCUT2D eigenvalue weighted by Gasteiger charge is -2.26. The van der Waals surface area contributed by atoms with E-state index in [0.29, 0.717) is 22.2 Å². The highest BCUT2D eigenvalue weighted by Crippen LogP contribution is 2.33. The number of aromatic nitrogens is 2. The predicted molar refractivity (Wildman–Crippen MR) is 95.1 cm³/mol. The van der Waals surface area contributed by atoms with Gasteiger partial charge in [-0.15, -0.1) is 0 Å². The van der Waals surface area contributed by atoms with Gasteiger partial charge in [0.2, 0.25) is 0 Å². The molecule has 5 nitrogen and oxygen atoms in total. The van der Waals surface area contributed by atoms with E-state index in [-0.39, 0.29) is 17.7 Å². The van der Waals surface area contributed by atoms with Crippen LogP contribution in [0.2, 0.25) is 5.02 Å². The largest absolute Gasteiger partial charge is 0.362 e. The van der Waals surface area contributed by atoms with Gasteiger partial charge in [0.15, 0.2) is 9.84 Å².